The van der Waals surface area contributed by atoms with Gasteiger partial charge in [-0.25, -0.2) is 13.6 Å². The molecular formula is C9H7BrF2O3. The van der Waals surface area contributed by atoms with Gasteiger partial charge >= 0.3 is 5.97 Å². The van der Waals surface area contributed by atoms with Crippen molar-refractivity contribution in [2.24, 2.45) is 0 Å². The molecule has 2 atom stereocenters. The third-order valence-corrected chi connectivity index (χ3v) is 2.51. The molecule has 0 bridgehead atoms. The van der Waals surface area contributed by atoms with Gasteiger partial charge in [-0.1, -0.05) is 15.9 Å². The highest BCUT2D eigenvalue weighted by Gasteiger charge is 2.28. The Labute approximate surface area is 92.5 Å². The van der Waals surface area contributed by atoms with Crippen LogP contribution in [0.2, 0.25) is 0 Å². The summed E-state index contributed by atoms with van der Waals surface area (Å²) in [6, 6.07) is 3.25. The summed E-state index contributed by atoms with van der Waals surface area (Å²) in [7, 11) is 0. The van der Waals surface area contributed by atoms with E-state index in [0.29, 0.717) is 0 Å². The molecule has 0 aromatic heterocycles. The fourth-order valence-electron chi connectivity index (χ4n) is 1.03. The van der Waals surface area contributed by atoms with E-state index in [1.54, 1.807) is 0 Å². The normalized spacial score (nSPS) is 14.7. The number of carboxylic acid groups (broad SMARTS) is 1. The Hall–Kier alpha value is -1.01. The molecule has 0 radical (unpaired) electrons. The van der Waals surface area contributed by atoms with Crippen molar-refractivity contribution >= 4 is 21.9 Å². The summed E-state index contributed by atoms with van der Waals surface area (Å²) in [6.45, 7) is 0. The zero-order valence-corrected chi connectivity index (χ0v) is 8.91. The van der Waals surface area contributed by atoms with Gasteiger partial charge in [-0.15, -0.1) is 0 Å². The van der Waals surface area contributed by atoms with Crippen molar-refractivity contribution in [3.05, 3.63) is 34.1 Å². The summed E-state index contributed by atoms with van der Waals surface area (Å²) in [4.78, 5) is 10.3. The van der Waals surface area contributed by atoms with Gasteiger partial charge in [-0.2, -0.15) is 0 Å². The molecule has 0 saturated heterocycles. The highest BCUT2D eigenvalue weighted by Crippen LogP contribution is 2.27. The molecule has 15 heavy (non-hydrogen) atoms. The smallest absolute Gasteiger partial charge is 0.341 e. The maximum absolute atomic E-state index is 12.9. The molecule has 0 fully saturated rings. The number of halogens is 3. The quantitative estimate of drug-likeness (QED) is 0.891. The van der Waals surface area contributed by atoms with Gasteiger partial charge in [-0.3, -0.25) is 0 Å². The summed E-state index contributed by atoms with van der Waals surface area (Å²) in [5, 5.41) is 17.6. The molecule has 0 aliphatic carbocycles. The topological polar surface area (TPSA) is 57.5 Å². The highest BCUT2D eigenvalue weighted by atomic mass is 79.9. The van der Waals surface area contributed by atoms with Crippen molar-refractivity contribution in [1.82, 2.24) is 0 Å². The number of aliphatic hydroxyl groups excluding tert-OH is 1. The minimum Gasteiger partial charge on any atom is -0.479 e. The van der Waals surface area contributed by atoms with Gasteiger partial charge in [0.2, 0.25) is 6.17 Å². The predicted octanol–water partition coefficient (Wildman–Crippen LogP) is 2.04. The average molecular weight is 281 g/mol. The third kappa shape index (κ3) is 2.73. The molecule has 0 aliphatic heterocycles. The third-order valence-electron chi connectivity index (χ3n) is 1.79. The highest BCUT2D eigenvalue weighted by molar-refractivity contribution is 9.10. The van der Waals surface area contributed by atoms with Crippen LogP contribution in [0.15, 0.2) is 22.7 Å². The molecule has 3 nitrogen and oxygen atoms in total. The number of rotatable bonds is 3. The van der Waals surface area contributed by atoms with Crippen LogP contribution in [-0.4, -0.2) is 22.4 Å². The molecule has 1 rings (SSSR count). The fourth-order valence-corrected chi connectivity index (χ4v) is 1.52. The van der Waals surface area contributed by atoms with Crippen molar-refractivity contribution in [2.45, 2.75) is 12.3 Å². The Morgan fingerprint density at radius 3 is 2.60 bits per heavy atom. The molecule has 0 amide bonds. The van der Waals surface area contributed by atoms with E-state index in [2.05, 4.69) is 15.9 Å². The van der Waals surface area contributed by atoms with Crippen molar-refractivity contribution < 1.29 is 23.8 Å². The number of hydrogen-bond donors (Lipinski definition) is 2. The standard InChI is InChI=1S/C9H7BrF2O3/c10-6-2-1-4(11)3-5(6)8(13)7(12)9(14)15/h1-3,7-8,13H,(H,14,15). The summed E-state index contributed by atoms with van der Waals surface area (Å²) in [5.74, 6) is -2.47. The molecule has 82 valence electrons. The fraction of sp³-hybridized carbons (Fsp3) is 0.222. The molecule has 6 heteroatoms. The van der Waals surface area contributed by atoms with Crippen molar-refractivity contribution in [3.63, 3.8) is 0 Å². The number of aliphatic carboxylic acids is 1. The molecular weight excluding hydrogens is 274 g/mol. The Kier molecular flexibility index (Phi) is 3.76. The molecule has 2 N–H and O–H groups in total. The zero-order chi connectivity index (χ0) is 11.6. The number of benzene rings is 1. The minimum atomic E-state index is -2.48. The minimum absolute atomic E-state index is 0.134. The average Bonchev–Trinajstić information content (AvgIpc) is 2.19. The number of hydrogen-bond acceptors (Lipinski definition) is 2. The second-order valence-electron chi connectivity index (χ2n) is 2.85. The maximum atomic E-state index is 12.9. The first kappa shape index (κ1) is 12.1. The van der Waals surface area contributed by atoms with Crippen molar-refractivity contribution in [3.8, 4) is 0 Å². The van der Waals surface area contributed by atoms with Crippen LogP contribution in [0.25, 0.3) is 0 Å². The van der Waals surface area contributed by atoms with Crippen LogP contribution in [0, 0.1) is 5.82 Å². The number of carboxylic acids is 1. The van der Waals surface area contributed by atoms with Gasteiger partial charge in [0.1, 0.15) is 11.9 Å². The van der Waals surface area contributed by atoms with Gasteiger partial charge in [0.25, 0.3) is 0 Å². The first-order valence-electron chi connectivity index (χ1n) is 3.93. The summed E-state index contributed by atoms with van der Waals surface area (Å²) in [6.07, 6.45) is -4.38. The lowest BCUT2D eigenvalue weighted by Crippen LogP contribution is -2.23. The van der Waals surface area contributed by atoms with Crippen LogP contribution in [0.3, 0.4) is 0 Å². The van der Waals surface area contributed by atoms with Crippen LogP contribution in [0.5, 0.6) is 0 Å². The monoisotopic (exact) mass is 280 g/mol. The van der Waals surface area contributed by atoms with Gasteiger partial charge < -0.3 is 10.2 Å². The molecule has 0 aliphatic rings. The number of carbonyl (C=O) groups is 1. The van der Waals surface area contributed by atoms with Gasteiger partial charge in [0.15, 0.2) is 0 Å². The van der Waals surface area contributed by atoms with Gasteiger partial charge in [0, 0.05) is 10.0 Å². The summed E-state index contributed by atoms with van der Waals surface area (Å²) >= 11 is 2.96. The molecule has 0 heterocycles. The van der Waals surface area contributed by atoms with Crippen LogP contribution in [-0.2, 0) is 4.79 Å². The van der Waals surface area contributed by atoms with E-state index < -0.39 is 24.1 Å². The van der Waals surface area contributed by atoms with E-state index >= 15 is 0 Å². The van der Waals surface area contributed by atoms with E-state index in [1.165, 1.54) is 6.07 Å². The van der Waals surface area contributed by atoms with Crippen LogP contribution in [0.4, 0.5) is 8.78 Å². The van der Waals surface area contributed by atoms with E-state index in [9.17, 15) is 18.7 Å². The molecule has 0 saturated carbocycles. The lowest BCUT2D eigenvalue weighted by molar-refractivity contribution is -0.147. The van der Waals surface area contributed by atoms with Gasteiger partial charge in [-0.05, 0) is 18.2 Å². The lowest BCUT2D eigenvalue weighted by Gasteiger charge is -2.14. The SMILES string of the molecule is O=C(O)C(F)C(O)c1cc(F)ccc1Br. The van der Waals surface area contributed by atoms with Crippen LogP contribution >= 0.6 is 15.9 Å². The van der Waals surface area contributed by atoms with E-state index in [4.69, 9.17) is 5.11 Å². The maximum Gasteiger partial charge on any atom is 0.341 e. The second-order valence-corrected chi connectivity index (χ2v) is 3.71. The van der Waals surface area contributed by atoms with Gasteiger partial charge in [0.05, 0.1) is 0 Å². The van der Waals surface area contributed by atoms with E-state index in [1.807, 2.05) is 0 Å². The first-order chi connectivity index (χ1) is 6.93. The number of alkyl halides is 1. The Morgan fingerprint density at radius 1 is 1.47 bits per heavy atom. The molecule has 1 aromatic rings. The number of aliphatic hydroxyl groups is 1. The van der Waals surface area contributed by atoms with Crippen LogP contribution in [0.1, 0.15) is 11.7 Å². The molecule has 2 unspecified atom stereocenters. The van der Waals surface area contributed by atoms with Crippen molar-refractivity contribution in [2.75, 3.05) is 0 Å². The molecule has 1 aromatic carbocycles. The van der Waals surface area contributed by atoms with E-state index in [0.717, 1.165) is 12.1 Å². The Balaban J connectivity index is 3.04. The lowest BCUT2D eigenvalue weighted by atomic mass is 10.1. The zero-order valence-electron chi connectivity index (χ0n) is 7.32. The van der Waals surface area contributed by atoms with Crippen molar-refractivity contribution in [1.29, 1.82) is 0 Å². The van der Waals surface area contributed by atoms with Crippen LogP contribution < -0.4 is 0 Å². The van der Waals surface area contributed by atoms with E-state index in [-0.39, 0.29) is 10.0 Å². The Bertz CT molecular complexity index is 384. The Morgan fingerprint density at radius 2 is 2.07 bits per heavy atom. The predicted molar refractivity (Wildman–Crippen MR) is 51.6 cm³/mol. The largest absolute Gasteiger partial charge is 0.479 e. The molecule has 0 spiro atoms. The summed E-state index contributed by atoms with van der Waals surface area (Å²) < 4.78 is 25.9. The first-order valence-corrected chi connectivity index (χ1v) is 4.72. The second kappa shape index (κ2) is 4.67. The summed E-state index contributed by atoms with van der Waals surface area (Å²) in [5.41, 5.74) is -0.134.